The summed E-state index contributed by atoms with van der Waals surface area (Å²) in [6.07, 6.45) is 6.02. The van der Waals surface area contributed by atoms with E-state index in [2.05, 4.69) is 22.8 Å². The highest BCUT2D eigenvalue weighted by Crippen LogP contribution is 2.45. The van der Waals surface area contributed by atoms with Crippen LogP contribution in [-0.4, -0.2) is 19.8 Å². The van der Waals surface area contributed by atoms with Crippen LogP contribution >= 0.6 is 46.9 Å². The quantitative estimate of drug-likeness (QED) is 0.542. The fourth-order valence-electron chi connectivity index (χ4n) is 4.28. The molecule has 6 heteroatoms. The summed E-state index contributed by atoms with van der Waals surface area (Å²) in [7, 11) is 0. The second-order valence-electron chi connectivity index (χ2n) is 7.39. The summed E-state index contributed by atoms with van der Waals surface area (Å²) in [6, 6.07) is 8.87. The zero-order valence-electron chi connectivity index (χ0n) is 15.3. The van der Waals surface area contributed by atoms with Gasteiger partial charge in [0, 0.05) is 30.1 Å². The molecule has 0 saturated carbocycles. The van der Waals surface area contributed by atoms with Gasteiger partial charge in [0.1, 0.15) is 0 Å². The number of rotatable bonds is 5. The van der Waals surface area contributed by atoms with E-state index < -0.39 is 0 Å². The Hall–Kier alpha value is -0.290. The maximum atomic E-state index is 6.26. The van der Waals surface area contributed by atoms with Crippen molar-refractivity contribution < 1.29 is 4.74 Å². The highest BCUT2D eigenvalue weighted by Gasteiger charge is 2.29. The lowest BCUT2D eigenvalue weighted by Crippen LogP contribution is -2.28. The molecular formula is C21H26Cl3NOS. The van der Waals surface area contributed by atoms with Crippen LogP contribution in [0.5, 0.6) is 0 Å². The molecule has 2 nitrogen and oxygen atoms in total. The van der Waals surface area contributed by atoms with Crippen molar-refractivity contribution >= 4 is 46.9 Å². The van der Waals surface area contributed by atoms with Crippen LogP contribution < -0.4 is 5.32 Å². The minimum Gasteiger partial charge on any atom is -0.381 e. The normalized spacial score (nSPS) is 22.9. The summed E-state index contributed by atoms with van der Waals surface area (Å²) < 4.78 is 5.46. The molecule has 1 N–H and O–H groups in total. The zero-order valence-corrected chi connectivity index (χ0v) is 18.4. The first kappa shape index (κ1) is 21.4. The number of fused-ring (bicyclic) bond motifs is 1. The van der Waals surface area contributed by atoms with E-state index in [1.165, 1.54) is 41.7 Å². The van der Waals surface area contributed by atoms with Gasteiger partial charge in [-0.3, -0.25) is 0 Å². The van der Waals surface area contributed by atoms with Crippen LogP contribution in [0.1, 0.15) is 60.1 Å². The molecule has 2 aromatic rings. The molecule has 0 spiro atoms. The molecule has 1 saturated heterocycles. The molecule has 2 heterocycles. The third-order valence-corrected chi connectivity index (χ3v) is 7.58. The Balaban J connectivity index is 0.00000210. The van der Waals surface area contributed by atoms with Gasteiger partial charge in [0.15, 0.2) is 0 Å². The predicted molar refractivity (Wildman–Crippen MR) is 118 cm³/mol. The van der Waals surface area contributed by atoms with Gasteiger partial charge in [0.25, 0.3) is 0 Å². The number of hydrogen-bond acceptors (Lipinski definition) is 3. The first-order valence-electron chi connectivity index (χ1n) is 9.55. The van der Waals surface area contributed by atoms with Crippen LogP contribution in [0.15, 0.2) is 29.6 Å². The fraction of sp³-hybridized carbons (Fsp3) is 0.524. The molecule has 27 heavy (non-hydrogen) atoms. The lowest BCUT2D eigenvalue weighted by molar-refractivity contribution is 0.0637. The molecule has 1 aromatic heterocycles. The average Bonchev–Trinajstić information content (AvgIpc) is 3.15. The topological polar surface area (TPSA) is 21.3 Å². The first-order valence-corrected chi connectivity index (χ1v) is 11.2. The summed E-state index contributed by atoms with van der Waals surface area (Å²) in [4.78, 5) is 1.48. The van der Waals surface area contributed by atoms with Crippen LogP contribution in [0, 0.1) is 5.92 Å². The molecule has 0 bridgehead atoms. The Morgan fingerprint density at radius 3 is 2.63 bits per heavy atom. The van der Waals surface area contributed by atoms with Crippen LogP contribution in [0.25, 0.3) is 0 Å². The monoisotopic (exact) mass is 445 g/mol. The Bertz CT molecular complexity index is 745. The first-order chi connectivity index (χ1) is 12.7. The SMILES string of the molecule is Cl.Clc1ccc(C2CCC(NCCC3CCOCC3)c3ccsc32)cc1Cl. The van der Waals surface area contributed by atoms with Crippen molar-refractivity contribution in [1.82, 2.24) is 5.32 Å². The Kier molecular flexibility index (Phi) is 7.90. The smallest absolute Gasteiger partial charge is 0.0595 e. The predicted octanol–water partition coefficient (Wildman–Crippen LogP) is 6.85. The van der Waals surface area contributed by atoms with E-state index in [1.54, 1.807) is 0 Å². The van der Waals surface area contributed by atoms with Gasteiger partial charge in [0.05, 0.1) is 10.0 Å². The lowest BCUT2D eigenvalue weighted by atomic mass is 9.82. The van der Waals surface area contributed by atoms with Crippen LogP contribution in [0.2, 0.25) is 10.0 Å². The minimum atomic E-state index is 0. The van der Waals surface area contributed by atoms with E-state index in [1.807, 2.05) is 23.5 Å². The van der Waals surface area contributed by atoms with Crippen molar-refractivity contribution in [2.45, 2.75) is 44.1 Å². The number of nitrogens with one attached hydrogen (secondary N) is 1. The van der Waals surface area contributed by atoms with Crippen molar-refractivity contribution in [2.24, 2.45) is 5.92 Å². The Morgan fingerprint density at radius 1 is 1.04 bits per heavy atom. The molecule has 0 radical (unpaired) electrons. The molecule has 1 fully saturated rings. The van der Waals surface area contributed by atoms with Gasteiger partial charge in [-0.1, -0.05) is 29.3 Å². The summed E-state index contributed by atoms with van der Waals surface area (Å²) in [5, 5.41) is 7.33. The molecule has 1 aromatic carbocycles. The number of thiophene rings is 1. The molecule has 4 rings (SSSR count). The molecule has 2 unspecified atom stereocenters. The molecule has 2 atom stereocenters. The summed E-state index contributed by atoms with van der Waals surface area (Å²) in [6.45, 7) is 2.98. The van der Waals surface area contributed by atoms with Gasteiger partial charge in [-0.25, -0.2) is 0 Å². The van der Waals surface area contributed by atoms with E-state index in [9.17, 15) is 0 Å². The average molecular weight is 447 g/mol. The molecule has 1 aliphatic heterocycles. The fourth-order valence-corrected chi connectivity index (χ4v) is 5.71. The highest BCUT2D eigenvalue weighted by molar-refractivity contribution is 7.10. The molecular weight excluding hydrogens is 421 g/mol. The van der Waals surface area contributed by atoms with Gasteiger partial charge >= 0.3 is 0 Å². The van der Waals surface area contributed by atoms with Gasteiger partial charge in [-0.2, -0.15) is 0 Å². The highest BCUT2D eigenvalue weighted by atomic mass is 35.5. The molecule has 148 valence electrons. The van der Waals surface area contributed by atoms with E-state index in [0.717, 1.165) is 32.1 Å². The number of hydrogen-bond donors (Lipinski definition) is 1. The number of benzene rings is 1. The number of halogens is 3. The van der Waals surface area contributed by atoms with Crippen molar-refractivity contribution in [1.29, 1.82) is 0 Å². The largest absolute Gasteiger partial charge is 0.381 e. The second kappa shape index (κ2) is 9.96. The maximum absolute atomic E-state index is 6.26. The zero-order chi connectivity index (χ0) is 17.9. The second-order valence-corrected chi connectivity index (χ2v) is 9.16. The summed E-state index contributed by atoms with van der Waals surface area (Å²) in [5.41, 5.74) is 2.76. The van der Waals surface area contributed by atoms with Crippen LogP contribution in [-0.2, 0) is 4.74 Å². The summed E-state index contributed by atoms with van der Waals surface area (Å²) >= 11 is 14.2. The molecule has 2 aliphatic rings. The van der Waals surface area contributed by atoms with E-state index >= 15 is 0 Å². The minimum absolute atomic E-state index is 0. The van der Waals surface area contributed by atoms with Crippen LogP contribution in [0.3, 0.4) is 0 Å². The van der Waals surface area contributed by atoms with Crippen molar-refractivity contribution in [2.75, 3.05) is 19.8 Å². The van der Waals surface area contributed by atoms with Crippen molar-refractivity contribution in [3.05, 3.63) is 55.7 Å². The Labute approximate surface area is 182 Å². The van der Waals surface area contributed by atoms with E-state index in [4.69, 9.17) is 27.9 Å². The van der Waals surface area contributed by atoms with Gasteiger partial charge in [-0.15, -0.1) is 23.7 Å². The lowest BCUT2D eigenvalue weighted by Gasteiger charge is -2.31. The Morgan fingerprint density at radius 2 is 1.85 bits per heavy atom. The third kappa shape index (κ3) is 5.01. The standard InChI is InChI=1S/C21H25Cl2NOS.ClH/c22-18-3-1-15(13-19(18)23)16-2-4-20(17-8-12-26-21(16)17)24-9-5-14-6-10-25-11-7-14;/h1,3,8,12-14,16,20,24H,2,4-7,9-11H2;1H. The van der Waals surface area contributed by atoms with E-state index in [-0.39, 0.29) is 12.4 Å². The van der Waals surface area contributed by atoms with E-state index in [0.29, 0.717) is 22.0 Å². The summed E-state index contributed by atoms with van der Waals surface area (Å²) in [5.74, 6) is 1.26. The van der Waals surface area contributed by atoms with Gasteiger partial charge < -0.3 is 10.1 Å². The van der Waals surface area contributed by atoms with Crippen LogP contribution in [0.4, 0.5) is 0 Å². The van der Waals surface area contributed by atoms with Gasteiger partial charge in [0.2, 0.25) is 0 Å². The maximum Gasteiger partial charge on any atom is 0.0595 e. The van der Waals surface area contributed by atoms with Crippen molar-refractivity contribution in [3.63, 3.8) is 0 Å². The van der Waals surface area contributed by atoms with Crippen molar-refractivity contribution in [3.8, 4) is 0 Å². The molecule has 0 amide bonds. The third-order valence-electron chi connectivity index (χ3n) is 5.79. The molecule has 1 aliphatic carbocycles. The number of ether oxygens (including phenoxy) is 1. The van der Waals surface area contributed by atoms with Gasteiger partial charge in [-0.05, 0) is 79.3 Å².